The number of hydrogen-bond acceptors (Lipinski definition) is 2. The molecule has 1 aromatic rings. The van der Waals surface area contributed by atoms with Crippen molar-refractivity contribution in [2.24, 2.45) is 5.92 Å². The number of benzene rings is 1. The minimum Gasteiger partial charge on any atom is -0.480 e. The van der Waals surface area contributed by atoms with Crippen LogP contribution in [0, 0.1) is 5.92 Å². The molecule has 0 aliphatic rings. The number of nitrogens with one attached hydrogen (secondary N) is 1. The number of halogens is 2. The van der Waals surface area contributed by atoms with Crippen LogP contribution in [0.15, 0.2) is 18.2 Å². The van der Waals surface area contributed by atoms with Crippen molar-refractivity contribution in [1.29, 1.82) is 0 Å². The Kier molecular flexibility index (Phi) is 6.30. The molecule has 1 rings (SSSR count). The highest BCUT2D eigenvalue weighted by Gasteiger charge is 2.23. The lowest BCUT2D eigenvalue weighted by molar-refractivity contribution is -0.143. The van der Waals surface area contributed by atoms with Gasteiger partial charge in [-0.2, -0.15) is 0 Å². The smallest absolute Gasteiger partial charge is 0.326 e. The molecule has 1 aromatic carbocycles. The molecule has 0 radical (unpaired) electrons. The molecule has 2 N–H and O–H groups in total. The van der Waals surface area contributed by atoms with E-state index in [0.29, 0.717) is 16.5 Å². The zero-order valence-electron chi connectivity index (χ0n) is 11.3. The first kappa shape index (κ1) is 16.8. The molecule has 0 aromatic heterocycles. The molecule has 0 aliphatic carbocycles. The number of carbonyl (C=O) groups excluding carboxylic acids is 1. The summed E-state index contributed by atoms with van der Waals surface area (Å²) < 4.78 is 0. The molecule has 0 heterocycles. The highest BCUT2D eigenvalue weighted by molar-refractivity contribution is 6.35. The van der Waals surface area contributed by atoms with Gasteiger partial charge in [0, 0.05) is 16.5 Å². The number of carboxylic acids is 1. The number of aliphatic carboxylic acids is 1. The molecule has 1 atom stereocenters. The third-order valence-corrected chi connectivity index (χ3v) is 3.47. The van der Waals surface area contributed by atoms with Gasteiger partial charge in [-0.15, -0.1) is 0 Å². The fourth-order valence-electron chi connectivity index (χ4n) is 1.73. The van der Waals surface area contributed by atoms with E-state index in [4.69, 9.17) is 28.3 Å². The van der Waals surface area contributed by atoms with E-state index < -0.39 is 12.0 Å². The van der Waals surface area contributed by atoms with E-state index in [2.05, 4.69) is 5.32 Å². The molecule has 0 unspecified atom stereocenters. The summed E-state index contributed by atoms with van der Waals surface area (Å²) in [5, 5.41) is 12.6. The first-order valence-corrected chi connectivity index (χ1v) is 7.03. The van der Waals surface area contributed by atoms with Gasteiger partial charge in [0.15, 0.2) is 0 Å². The van der Waals surface area contributed by atoms with Crippen LogP contribution in [0.25, 0.3) is 0 Å². The Bertz CT molecular complexity index is 503. The third kappa shape index (κ3) is 5.02. The van der Waals surface area contributed by atoms with Crippen LogP contribution in [0.4, 0.5) is 0 Å². The Morgan fingerprint density at radius 1 is 1.30 bits per heavy atom. The lowest BCUT2D eigenvalue weighted by Gasteiger charge is -2.17. The van der Waals surface area contributed by atoms with Gasteiger partial charge in [-0.05, 0) is 30.0 Å². The van der Waals surface area contributed by atoms with E-state index in [-0.39, 0.29) is 18.2 Å². The van der Waals surface area contributed by atoms with Gasteiger partial charge in [0.25, 0.3) is 0 Å². The first-order chi connectivity index (χ1) is 9.31. The van der Waals surface area contributed by atoms with E-state index >= 15 is 0 Å². The number of amides is 1. The molecule has 20 heavy (non-hydrogen) atoms. The monoisotopic (exact) mass is 317 g/mol. The zero-order chi connectivity index (χ0) is 15.3. The minimum atomic E-state index is -1.03. The summed E-state index contributed by atoms with van der Waals surface area (Å²) in [5.74, 6) is -1.51. The fourth-order valence-corrected chi connectivity index (χ4v) is 2.23. The maximum absolute atomic E-state index is 11.8. The lowest BCUT2D eigenvalue weighted by Crippen LogP contribution is -2.44. The molecule has 110 valence electrons. The van der Waals surface area contributed by atoms with Crippen molar-refractivity contribution in [3.63, 3.8) is 0 Å². The van der Waals surface area contributed by atoms with Gasteiger partial charge >= 0.3 is 5.97 Å². The van der Waals surface area contributed by atoms with E-state index in [9.17, 15) is 9.59 Å². The summed E-state index contributed by atoms with van der Waals surface area (Å²) in [7, 11) is 0. The fraction of sp³-hybridized carbons (Fsp3) is 0.429. The van der Waals surface area contributed by atoms with Gasteiger partial charge in [0.2, 0.25) is 5.91 Å². The van der Waals surface area contributed by atoms with Crippen molar-refractivity contribution in [2.45, 2.75) is 32.7 Å². The van der Waals surface area contributed by atoms with Crippen molar-refractivity contribution in [3.05, 3.63) is 33.8 Å². The maximum atomic E-state index is 11.8. The maximum Gasteiger partial charge on any atom is 0.326 e. The van der Waals surface area contributed by atoms with Gasteiger partial charge in [-0.1, -0.05) is 43.1 Å². The van der Waals surface area contributed by atoms with Crippen molar-refractivity contribution < 1.29 is 14.7 Å². The number of hydrogen-bond donors (Lipinski definition) is 2. The first-order valence-electron chi connectivity index (χ1n) is 6.27. The second-order valence-electron chi connectivity index (χ2n) is 4.86. The summed E-state index contributed by atoms with van der Waals surface area (Å²) in [6, 6.07) is 4.21. The van der Waals surface area contributed by atoms with Gasteiger partial charge in [0.1, 0.15) is 6.04 Å². The minimum absolute atomic E-state index is 0.171. The average molecular weight is 318 g/mol. The predicted molar refractivity (Wildman–Crippen MR) is 79.2 cm³/mol. The van der Waals surface area contributed by atoms with Gasteiger partial charge in [-0.3, -0.25) is 4.79 Å². The quantitative estimate of drug-likeness (QED) is 0.847. The van der Waals surface area contributed by atoms with Crippen molar-refractivity contribution in [1.82, 2.24) is 5.32 Å². The predicted octanol–water partition coefficient (Wildman–Crippen LogP) is 3.15. The molecular formula is C14H17Cl2NO3. The number of carbonyl (C=O) groups is 2. The highest BCUT2D eigenvalue weighted by Crippen LogP contribution is 2.22. The van der Waals surface area contributed by atoms with Crippen molar-refractivity contribution >= 4 is 35.1 Å². The number of rotatable bonds is 6. The SMILES string of the molecule is CC(C)[C@H](NC(=O)CCc1ccc(Cl)cc1Cl)C(=O)O. The van der Waals surface area contributed by atoms with Crippen LogP contribution in [-0.4, -0.2) is 23.0 Å². The van der Waals surface area contributed by atoms with E-state index in [1.54, 1.807) is 32.0 Å². The standard InChI is InChI=1S/C14H17Cl2NO3/c1-8(2)13(14(19)20)17-12(18)6-4-9-3-5-10(15)7-11(9)16/h3,5,7-8,13H,4,6H2,1-2H3,(H,17,18)(H,19,20)/t13-/m0/s1. The summed E-state index contributed by atoms with van der Waals surface area (Å²) in [4.78, 5) is 22.8. The summed E-state index contributed by atoms with van der Waals surface area (Å²) in [5.41, 5.74) is 0.808. The van der Waals surface area contributed by atoms with Crippen molar-refractivity contribution in [3.8, 4) is 0 Å². The lowest BCUT2D eigenvalue weighted by atomic mass is 10.0. The average Bonchev–Trinajstić information content (AvgIpc) is 2.34. The van der Waals surface area contributed by atoms with E-state index in [1.165, 1.54) is 0 Å². The van der Waals surface area contributed by atoms with Crippen LogP contribution in [0.3, 0.4) is 0 Å². The Balaban J connectivity index is 2.57. The van der Waals surface area contributed by atoms with Crippen molar-refractivity contribution in [2.75, 3.05) is 0 Å². The molecule has 0 bridgehead atoms. The number of carboxylic acid groups (broad SMARTS) is 1. The Morgan fingerprint density at radius 2 is 1.95 bits per heavy atom. The molecule has 0 fully saturated rings. The van der Waals surface area contributed by atoms with E-state index in [0.717, 1.165) is 5.56 Å². The second kappa shape index (κ2) is 7.50. The molecule has 0 saturated heterocycles. The van der Waals surface area contributed by atoms with Crippen LogP contribution in [0.5, 0.6) is 0 Å². The Hall–Kier alpha value is -1.26. The summed E-state index contributed by atoms with van der Waals surface area (Å²) >= 11 is 11.8. The molecule has 1 amide bonds. The van der Waals surface area contributed by atoms with E-state index in [1.807, 2.05) is 0 Å². The normalized spacial score (nSPS) is 12.2. The van der Waals surface area contributed by atoms with Crippen LogP contribution < -0.4 is 5.32 Å². The van der Waals surface area contributed by atoms with Crippen LogP contribution >= 0.6 is 23.2 Å². The second-order valence-corrected chi connectivity index (χ2v) is 5.71. The molecule has 4 nitrogen and oxygen atoms in total. The van der Waals surface area contributed by atoms with Crippen LogP contribution in [0.1, 0.15) is 25.8 Å². The van der Waals surface area contributed by atoms with Gasteiger partial charge in [-0.25, -0.2) is 4.79 Å². The molecule has 0 aliphatic heterocycles. The van der Waals surface area contributed by atoms with Crippen LogP contribution in [0.2, 0.25) is 10.0 Å². The molecule has 0 saturated carbocycles. The Morgan fingerprint density at radius 3 is 2.45 bits per heavy atom. The topological polar surface area (TPSA) is 66.4 Å². The third-order valence-electron chi connectivity index (χ3n) is 2.89. The number of aryl methyl sites for hydroxylation is 1. The molecular weight excluding hydrogens is 301 g/mol. The zero-order valence-corrected chi connectivity index (χ0v) is 12.8. The highest BCUT2D eigenvalue weighted by atomic mass is 35.5. The van der Waals surface area contributed by atoms with Gasteiger partial charge < -0.3 is 10.4 Å². The largest absolute Gasteiger partial charge is 0.480 e. The molecule has 6 heteroatoms. The van der Waals surface area contributed by atoms with Crippen LogP contribution in [-0.2, 0) is 16.0 Å². The summed E-state index contributed by atoms with van der Waals surface area (Å²) in [6.45, 7) is 3.49. The Labute approximate surface area is 128 Å². The van der Waals surface area contributed by atoms with Gasteiger partial charge in [0.05, 0.1) is 0 Å². The molecule has 0 spiro atoms. The summed E-state index contributed by atoms with van der Waals surface area (Å²) in [6.07, 6.45) is 0.615.